The molecule has 1 aromatic heterocycles. The molecule has 1 aliphatic heterocycles. The highest BCUT2D eigenvalue weighted by atomic mass is 16.2. The van der Waals surface area contributed by atoms with Gasteiger partial charge in [-0.15, -0.1) is 0 Å². The smallest absolute Gasteiger partial charge is 0.324 e. The summed E-state index contributed by atoms with van der Waals surface area (Å²) in [6.07, 6.45) is 1.75. The van der Waals surface area contributed by atoms with Crippen LogP contribution in [0.5, 0.6) is 0 Å². The van der Waals surface area contributed by atoms with Crippen molar-refractivity contribution >= 4 is 11.9 Å². The molecule has 6 nitrogen and oxygen atoms in total. The van der Waals surface area contributed by atoms with E-state index in [0.717, 1.165) is 11.3 Å². The van der Waals surface area contributed by atoms with E-state index in [4.69, 9.17) is 0 Å². The molecular weight excluding hydrogens is 316 g/mol. The number of aromatic nitrogens is 1. The van der Waals surface area contributed by atoms with Crippen molar-refractivity contribution in [2.75, 3.05) is 19.6 Å². The van der Waals surface area contributed by atoms with Gasteiger partial charge in [-0.25, -0.2) is 4.79 Å². The largest absolute Gasteiger partial charge is 0.336 e. The van der Waals surface area contributed by atoms with Crippen molar-refractivity contribution in [2.24, 2.45) is 0 Å². The summed E-state index contributed by atoms with van der Waals surface area (Å²) in [7, 11) is 0. The molecule has 1 N–H and O–H groups in total. The van der Waals surface area contributed by atoms with Crippen LogP contribution in [0, 0.1) is 0 Å². The fraction of sp³-hybridized carbons (Fsp3) is 0.316. The Morgan fingerprint density at radius 1 is 1.24 bits per heavy atom. The monoisotopic (exact) mass is 338 g/mol. The van der Waals surface area contributed by atoms with E-state index in [2.05, 4.69) is 10.3 Å². The minimum absolute atomic E-state index is 0.0454. The third-order valence-electron chi connectivity index (χ3n) is 4.39. The Balaban J connectivity index is 1.78. The number of nitrogens with zero attached hydrogens (tertiary/aromatic N) is 3. The van der Waals surface area contributed by atoms with Crippen LogP contribution in [-0.4, -0.2) is 46.4 Å². The summed E-state index contributed by atoms with van der Waals surface area (Å²) < 4.78 is 0. The Hall–Kier alpha value is -2.73. The molecule has 1 saturated heterocycles. The third-order valence-corrected chi connectivity index (χ3v) is 4.39. The Kier molecular flexibility index (Phi) is 5.40. The number of carbonyl (C=O) groups excluding carboxylic acids is 2. The van der Waals surface area contributed by atoms with E-state index >= 15 is 0 Å². The fourth-order valence-electron chi connectivity index (χ4n) is 2.93. The average Bonchev–Trinajstić information content (AvgIpc) is 3.08. The number of imide groups is 1. The summed E-state index contributed by atoms with van der Waals surface area (Å²) in [6.45, 7) is 3.75. The van der Waals surface area contributed by atoms with Gasteiger partial charge in [-0.05, 0) is 24.6 Å². The molecule has 1 aliphatic rings. The van der Waals surface area contributed by atoms with Gasteiger partial charge in [0.25, 0.3) is 0 Å². The van der Waals surface area contributed by atoms with Crippen LogP contribution in [0.25, 0.3) is 0 Å². The number of hydrogen-bond acceptors (Lipinski definition) is 4. The molecule has 3 amide bonds. The second-order valence-electron chi connectivity index (χ2n) is 6.10. The van der Waals surface area contributed by atoms with Gasteiger partial charge < -0.3 is 5.32 Å². The number of nitrogens with one attached hydrogen (secondary N) is 1. The van der Waals surface area contributed by atoms with Crippen molar-refractivity contribution in [3.05, 3.63) is 66.0 Å². The SMILES string of the molecule is C[C@H](c1ccccn1)N(CC(=O)N1CCNC1=O)Cc1ccccc1. The lowest BCUT2D eigenvalue weighted by Gasteiger charge is -2.29. The zero-order valence-electron chi connectivity index (χ0n) is 14.3. The molecule has 6 heteroatoms. The maximum absolute atomic E-state index is 12.6. The van der Waals surface area contributed by atoms with Gasteiger partial charge >= 0.3 is 6.03 Å². The molecule has 1 atom stereocenters. The second kappa shape index (κ2) is 7.90. The molecule has 2 heterocycles. The van der Waals surface area contributed by atoms with Crippen molar-refractivity contribution in [2.45, 2.75) is 19.5 Å². The van der Waals surface area contributed by atoms with Crippen molar-refractivity contribution in [3.63, 3.8) is 0 Å². The lowest BCUT2D eigenvalue weighted by molar-refractivity contribution is -0.129. The van der Waals surface area contributed by atoms with Crippen LogP contribution in [0.3, 0.4) is 0 Å². The molecule has 0 spiro atoms. The highest BCUT2D eigenvalue weighted by molar-refractivity contribution is 5.96. The number of benzene rings is 1. The fourth-order valence-corrected chi connectivity index (χ4v) is 2.93. The van der Waals surface area contributed by atoms with Crippen LogP contribution in [-0.2, 0) is 11.3 Å². The van der Waals surface area contributed by atoms with Gasteiger partial charge in [-0.3, -0.25) is 19.6 Å². The quantitative estimate of drug-likeness (QED) is 0.877. The van der Waals surface area contributed by atoms with Crippen molar-refractivity contribution in [1.29, 1.82) is 0 Å². The van der Waals surface area contributed by atoms with Gasteiger partial charge in [0.2, 0.25) is 5.91 Å². The molecule has 130 valence electrons. The molecule has 0 aliphatic carbocycles. The van der Waals surface area contributed by atoms with Crippen LogP contribution in [0.1, 0.15) is 24.2 Å². The molecule has 3 rings (SSSR count). The summed E-state index contributed by atoms with van der Waals surface area (Å²) in [5.41, 5.74) is 2.01. The van der Waals surface area contributed by atoms with E-state index < -0.39 is 0 Å². The van der Waals surface area contributed by atoms with Gasteiger partial charge in [-0.2, -0.15) is 0 Å². The van der Waals surface area contributed by atoms with Gasteiger partial charge in [-0.1, -0.05) is 36.4 Å². The van der Waals surface area contributed by atoms with Crippen LogP contribution in [0.4, 0.5) is 4.79 Å². The summed E-state index contributed by atoms with van der Waals surface area (Å²) in [4.78, 5) is 32.1. The van der Waals surface area contributed by atoms with Crippen molar-refractivity contribution < 1.29 is 9.59 Å². The molecule has 0 saturated carbocycles. The number of carbonyl (C=O) groups is 2. The van der Waals surface area contributed by atoms with E-state index in [9.17, 15) is 9.59 Å². The second-order valence-corrected chi connectivity index (χ2v) is 6.10. The predicted octanol–water partition coefficient (Wildman–Crippen LogP) is 2.20. The molecule has 1 aromatic carbocycles. The van der Waals surface area contributed by atoms with E-state index in [-0.39, 0.29) is 24.5 Å². The van der Waals surface area contributed by atoms with Crippen LogP contribution in [0.2, 0.25) is 0 Å². The van der Waals surface area contributed by atoms with E-state index in [1.807, 2.05) is 60.4 Å². The summed E-state index contributed by atoms with van der Waals surface area (Å²) in [5.74, 6) is -0.186. The minimum Gasteiger partial charge on any atom is -0.336 e. The zero-order chi connectivity index (χ0) is 17.6. The molecule has 0 bridgehead atoms. The summed E-state index contributed by atoms with van der Waals surface area (Å²) in [5, 5.41) is 2.67. The highest BCUT2D eigenvalue weighted by Gasteiger charge is 2.29. The standard InChI is InChI=1S/C19H22N4O2/c1-15(17-9-5-6-10-20-17)22(13-16-7-3-2-4-8-16)14-18(24)23-12-11-21-19(23)25/h2-10,15H,11-14H2,1H3,(H,21,25)/t15-/m1/s1. The Morgan fingerprint density at radius 2 is 2.00 bits per heavy atom. The number of pyridine rings is 1. The number of rotatable bonds is 6. The third kappa shape index (κ3) is 4.22. The lowest BCUT2D eigenvalue weighted by atomic mass is 10.1. The number of amides is 3. The van der Waals surface area contributed by atoms with Gasteiger partial charge in [0.05, 0.1) is 18.3 Å². The maximum Gasteiger partial charge on any atom is 0.324 e. The lowest BCUT2D eigenvalue weighted by Crippen LogP contribution is -2.42. The zero-order valence-corrected chi connectivity index (χ0v) is 14.3. The average molecular weight is 338 g/mol. The topological polar surface area (TPSA) is 65.5 Å². The Labute approximate surface area is 147 Å². The van der Waals surface area contributed by atoms with Crippen molar-refractivity contribution in [1.82, 2.24) is 20.1 Å². The van der Waals surface area contributed by atoms with Gasteiger partial charge in [0, 0.05) is 25.8 Å². The van der Waals surface area contributed by atoms with Crippen LogP contribution < -0.4 is 5.32 Å². The Morgan fingerprint density at radius 3 is 2.64 bits per heavy atom. The normalized spacial score (nSPS) is 15.3. The van der Waals surface area contributed by atoms with E-state index in [1.54, 1.807) is 6.20 Å². The number of hydrogen-bond donors (Lipinski definition) is 1. The molecule has 1 fully saturated rings. The van der Waals surface area contributed by atoms with Crippen molar-refractivity contribution in [3.8, 4) is 0 Å². The van der Waals surface area contributed by atoms with Gasteiger partial charge in [0.1, 0.15) is 0 Å². The summed E-state index contributed by atoms with van der Waals surface area (Å²) >= 11 is 0. The predicted molar refractivity (Wildman–Crippen MR) is 94.6 cm³/mol. The van der Waals surface area contributed by atoms with Gasteiger partial charge in [0.15, 0.2) is 0 Å². The molecule has 2 aromatic rings. The molecule has 0 unspecified atom stereocenters. The van der Waals surface area contributed by atoms with E-state index in [0.29, 0.717) is 19.6 Å². The minimum atomic E-state index is -0.310. The first-order chi connectivity index (χ1) is 12.1. The first kappa shape index (κ1) is 17.1. The first-order valence-corrected chi connectivity index (χ1v) is 8.42. The highest BCUT2D eigenvalue weighted by Crippen LogP contribution is 2.21. The summed E-state index contributed by atoms with van der Waals surface area (Å²) in [6, 6.07) is 15.4. The number of urea groups is 1. The Bertz CT molecular complexity index is 721. The van der Waals surface area contributed by atoms with E-state index in [1.165, 1.54) is 4.90 Å². The van der Waals surface area contributed by atoms with Crippen LogP contribution >= 0.6 is 0 Å². The molecular formula is C19H22N4O2. The molecule has 25 heavy (non-hydrogen) atoms. The molecule has 0 radical (unpaired) electrons. The van der Waals surface area contributed by atoms with Crippen LogP contribution in [0.15, 0.2) is 54.7 Å². The maximum atomic E-state index is 12.6. The first-order valence-electron chi connectivity index (χ1n) is 8.42.